The zero-order valence-corrected chi connectivity index (χ0v) is 12.6. The third-order valence-electron chi connectivity index (χ3n) is 4.03. The quantitative estimate of drug-likeness (QED) is 0.876. The summed E-state index contributed by atoms with van der Waals surface area (Å²) in [6.45, 7) is 0.0397. The second kappa shape index (κ2) is 5.58. The summed E-state index contributed by atoms with van der Waals surface area (Å²) in [7, 11) is -3.24. The normalized spacial score (nSPS) is 19.7. The molecule has 0 unspecified atom stereocenters. The number of amides is 1. The Balaban J connectivity index is 1.52. The third kappa shape index (κ3) is 2.85. The smallest absolute Gasteiger partial charge is 0.226 e. The molecule has 0 aromatic heterocycles. The van der Waals surface area contributed by atoms with Crippen LogP contribution in [0.3, 0.4) is 0 Å². The highest BCUT2D eigenvalue weighted by atomic mass is 32.2. The van der Waals surface area contributed by atoms with Crippen molar-refractivity contribution >= 4 is 15.9 Å². The van der Waals surface area contributed by atoms with Crippen LogP contribution in [0.1, 0.15) is 18.4 Å². The first-order valence-electron chi connectivity index (χ1n) is 7.09. The molecule has 1 aliphatic heterocycles. The molecular weight excluding hydrogens is 314 g/mol. The molecule has 1 saturated heterocycles. The molecule has 22 heavy (non-hydrogen) atoms. The van der Waals surface area contributed by atoms with Crippen molar-refractivity contribution in [1.82, 2.24) is 9.62 Å². The van der Waals surface area contributed by atoms with E-state index in [2.05, 4.69) is 5.32 Å². The molecule has 1 N–H and O–H groups in total. The van der Waals surface area contributed by atoms with Crippen LogP contribution in [0.2, 0.25) is 0 Å². The zero-order chi connectivity index (χ0) is 15.9. The predicted octanol–water partition coefficient (Wildman–Crippen LogP) is 1.00. The number of hydrogen-bond donors (Lipinski definition) is 1. The summed E-state index contributed by atoms with van der Waals surface area (Å²) in [6.07, 6.45) is 1.37. The van der Waals surface area contributed by atoms with Crippen LogP contribution < -0.4 is 5.32 Å². The standard InChI is InChI=1S/C14H16F2N2O3S/c15-12-2-1-3-13(16)11(12)6-17-14(19)9-7-18(8-9)22(20,21)10-4-5-10/h1-3,9-10H,4-8H2,(H,17,19). The van der Waals surface area contributed by atoms with E-state index in [0.29, 0.717) is 12.8 Å². The summed E-state index contributed by atoms with van der Waals surface area (Å²) in [4.78, 5) is 11.9. The van der Waals surface area contributed by atoms with Gasteiger partial charge in [-0.25, -0.2) is 17.2 Å². The third-order valence-corrected chi connectivity index (χ3v) is 6.36. The first-order valence-corrected chi connectivity index (χ1v) is 8.59. The van der Waals surface area contributed by atoms with Crippen molar-refractivity contribution in [1.29, 1.82) is 0 Å². The fourth-order valence-electron chi connectivity index (χ4n) is 2.41. The highest BCUT2D eigenvalue weighted by Crippen LogP contribution is 2.34. The molecule has 5 nitrogen and oxygen atoms in total. The minimum Gasteiger partial charge on any atom is -0.351 e. The van der Waals surface area contributed by atoms with E-state index in [-0.39, 0.29) is 36.4 Å². The molecular formula is C14H16F2N2O3S. The SMILES string of the molecule is O=C(NCc1c(F)cccc1F)C1CN(S(=O)(=O)C2CC2)C1. The van der Waals surface area contributed by atoms with Crippen molar-refractivity contribution in [2.75, 3.05) is 13.1 Å². The number of benzene rings is 1. The number of sulfonamides is 1. The Morgan fingerprint density at radius 3 is 2.36 bits per heavy atom. The molecule has 1 saturated carbocycles. The average Bonchev–Trinajstić information content (AvgIpc) is 3.20. The lowest BCUT2D eigenvalue weighted by Gasteiger charge is -2.37. The Labute approximate surface area is 127 Å². The number of carbonyl (C=O) groups is 1. The van der Waals surface area contributed by atoms with E-state index >= 15 is 0 Å². The molecule has 2 aliphatic rings. The molecule has 8 heteroatoms. The van der Waals surface area contributed by atoms with E-state index in [1.54, 1.807) is 0 Å². The predicted molar refractivity (Wildman–Crippen MR) is 75.2 cm³/mol. The van der Waals surface area contributed by atoms with Crippen molar-refractivity contribution in [3.05, 3.63) is 35.4 Å². The van der Waals surface area contributed by atoms with E-state index in [0.717, 1.165) is 12.1 Å². The van der Waals surface area contributed by atoms with Gasteiger partial charge in [-0.2, -0.15) is 4.31 Å². The van der Waals surface area contributed by atoms with E-state index in [1.807, 2.05) is 0 Å². The lowest BCUT2D eigenvalue weighted by Crippen LogP contribution is -2.56. The second-order valence-corrected chi connectivity index (χ2v) is 7.89. The van der Waals surface area contributed by atoms with Gasteiger partial charge in [0.15, 0.2) is 0 Å². The van der Waals surface area contributed by atoms with Crippen LogP contribution in [-0.2, 0) is 21.4 Å². The topological polar surface area (TPSA) is 66.5 Å². The maximum Gasteiger partial charge on any atom is 0.226 e. The summed E-state index contributed by atoms with van der Waals surface area (Å²) >= 11 is 0. The maximum atomic E-state index is 13.4. The van der Waals surface area contributed by atoms with E-state index in [9.17, 15) is 22.0 Å². The number of nitrogens with one attached hydrogen (secondary N) is 1. The second-order valence-electron chi connectivity index (χ2n) is 5.68. The summed E-state index contributed by atoms with van der Waals surface area (Å²) < 4.78 is 52.0. The van der Waals surface area contributed by atoms with Crippen molar-refractivity contribution < 1.29 is 22.0 Å². The van der Waals surface area contributed by atoms with E-state index in [4.69, 9.17) is 0 Å². The molecule has 0 atom stereocenters. The van der Waals surface area contributed by atoms with Gasteiger partial charge in [-0.05, 0) is 25.0 Å². The molecule has 1 aromatic rings. The molecule has 0 spiro atoms. The minimum absolute atomic E-state index is 0.143. The lowest BCUT2D eigenvalue weighted by atomic mass is 10.0. The number of carbonyl (C=O) groups excluding carboxylic acids is 1. The molecule has 120 valence electrons. The lowest BCUT2D eigenvalue weighted by molar-refractivity contribution is -0.128. The summed E-state index contributed by atoms with van der Waals surface area (Å²) in [5.41, 5.74) is -0.197. The average molecular weight is 330 g/mol. The first-order chi connectivity index (χ1) is 10.4. The molecule has 1 aromatic carbocycles. The van der Waals surface area contributed by atoms with Gasteiger partial charge in [-0.3, -0.25) is 4.79 Å². The molecule has 1 amide bonds. The highest BCUT2D eigenvalue weighted by Gasteiger charge is 2.46. The Hall–Kier alpha value is -1.54. The van der Waals surface area contributed by atoms with Crippen molar-refractivity contribution in [2.24, 2.45) is 5.92 Å². The van der Waals surface area contributed by atoms with Gasteiger partial charge in [0.05, 0.1) is 11.2 Å². The van der Waals surface area contributed by atoms with Crippen LogP contribution >= 0.6 is 0 Å². The van der Waals surface area contributed by atoms with Crippen LogP contribution in [0, 0.1) is 17.6 Å². The maximum absolute atomic E-state index is 13.4. The van der Waals surface area contributed by atoms with Crippen LogP contribution in [0.5, 0.6) is 0 Å². The number of hydrogen-bond acceptors (Lipinski definition) is 3. The Morgan fingerprint density at radius 1 is 1.23 bits per heavy atom. The van der Waals surface area contributed by atoms with Crippen LogP contribution in [0.25, 0.3) is 0 Å². The largest absolute Gasteiger partial charge is 0.351 e. The van der Waals surface area contributed by atoms with Gasteiger partial charge < -0.3 is 5.32 Å². The molecule has 0 radical (unpaired) electrons. The highest BCUT2D eigenvalue weighted by molar-refractivity contribution is 7.90. The van der Waals surface area contributed by atoms with Crippen LogP contribution in [0.4, 0.5) is 8.78 Å². The number of halogens is 2. The van der Waals surface area contributed by atoms with Gasteiger partial charge in [0.2, 0.25) is 15.9 Å². The Bertz CT molecular complexity index is 678. The zero-order valence-electron chi connectivity index (χ0n) is 11.8. The fourth-order valence-corrected chi connectivity index (χ4v) is 4.34. The van der Waals surface area contributed by atoms with Crippen LogP contribution in [0.15, 0.2) is 18.2 Å². The van der Waals surface area contributed by atoms with Crippen molar-refractivity contribution in [3.8, 4) is 0 Å². The van der Waals surface area contributed by atoms with Crippen molar-refractivity contribution in [3.63, 3.8) is 0 Å². The van der Waals surface area contributed by atoms with E-state index in [1.165, 1.54) is 10.4 Å². The summed E-state index contributed by atoms with van der Waals surface area (Å²) in [5.74, 6) is -2.27. The van der Waals surface area contributed by atoms with Gasteiger partial charge in [0.1, 0.15) is 11.6 Å². The van der Waals surface area contributed by atoms with Gasteiger partial charge in [0.25, 0.3) is 0 Å². The van der Waals surface area contributed by atoms with Crippen molar-refractivity contribution in [2.45, 2.75) is 24.6 Å². The monoisotopic (exact) mass is 330 g/mol. The summed E-state index contributed by atoms with van der Waals surface area (Å²) in [6, 6.07) is 3.50. The molecule has 2 fully saturated rings. The van der Waals surface area contributed by atoms with Crippen LogP contribution in [-0.4, -0.2) is 37.0 Å². The summed E-state index contributed by atoms with van der Waals surface area (Å²) in [5, 5.41) is 2.17. The Morgan fingerprint density at radius 2 is 1.82 bits per heavy atom. The molecule has 1 aliphatic carbocycles. The molecule has 1 heterocycles. The van der Waals surface area contributed by atoms with Gasteiger partial charge in [0, 0.05) is 25.2 Å². The molecule has 3 rings (SSSR count). The Kier molecular flexibility index (Phi) is 3.90. The number of nitrogens with zero attached hydrogens (tertiary/aromatic N) is 1. The first kappa shape index (κ1) is 15.4. The number of rotatable bonds is 5. The van der Waals surface area contributed by atoms with E-state index < -0.39 is 27.6 Å². The molecule has 0 bridgehead atoms. The van der Waals surface area contributed by atoms with Gasteiger partial charge in [-0.1, -0.05) is 6.07 Å². The minimum atomic E-state index is -3.24. The van der Waals surface area contributed by atoms with Gasteiger partial charge in [-0.15, -0.1) is 0 Å². The van der Waals surface area contributed by atoms with Gasteiger partial charge >= 0.3 is 0 Å². The fraction of sp³-hybridized carbons (Fsp3) is 0.500.